The molecule has 0 atom stereocenters. The average molecular weight is 352 g/mol. The second-order valence-electron chi connectivity index (χ2n) is 5.83. The number of carboxylic acid groups (broad SMARTS) is 2. The normalized spacial score (nSPS) is 12.6. The van der Waals surface area contributed by atoms with Crippen LogP contribution in [0.3, 0.4) is 0 Å². The Morgan fingerprint density at radius 3 is 2.35 bits per heavy atom. The molecule has 1 aliphatic carbocycles. The summed E-state index contributed by atoms with van der Waals surface area (Å²) >= 11 is 0. The van der Waals surface area contributed by atoms with Crippen LogP contribution >= 0.6 is 0 Å². The van der Waals surface area contributed by atoms with Gasteiger partial charge in [0.15, 0.2) is 0 Å². The Hall–Kier alpha value is -3.41. The fourth-order valence-corrected chi connectivity index (χ4v) is 2.64. The van der Waals surface area contributed by atoms with Crippen molar-refractivity contribution in [2.45, 2.75) is 19.8 Å². The third kappa shape index (κ3) is 5.59. The zero-order valence-electron chi connectivity index (χ0n) is 14.3. The molecular weight excluding hydrogens is 332 g/mol. The minimum Gasteiger partial charge on any atom is -0.478 e. The molecule has 26 heavy (non-hydrogen) atoms. The van der Waals surface area contributed by atoms with Crippen LogP contribution in [0.25, 0.3) is 11.6 Å². The molecule has 2 aromatic rings. The maximum Gasteiger partial charge on any atom is 0.328 e. The van der Waals surface area contributed by atoms with Gasteiger partial charge < -0.3 is 15.9 Å². The van der Waals surface area contributed by atoms with Crippen molar-refractivity contribution in [3.63, 3.8) is 0 Å². The van der Waals surface area contributed by atoms with Crippen LogP contribution in [-0.2, 0) is 16.0 Å². The van der Waals surface area contributed by atoms with E-state index in [1.807, 2.05) is 6.07 Å². The Kier molecular flexibility index (Phi) is 6.27. The number of allylic oxidation sites excluding steroid dienone is 1. The van der Waals surface area contributed by atoms with Gasteiger partial charge in [-0.2, -0.15) is 0 Å². The predicted molar refractivity (Wildman–Crippen MR) is 100 cm³/mol. The minimum atomic E-state index is -1.26. The Morgan fingerprint density at radius 1 is 1.08 bits per heavy atom. The summed E-state index contributed by atoms with van der Waals surface area (Å²) in [4.78, 5) is 23.5. The topological polar surface area (TPSA) is 114 Å². The molecule has 0 amide bonds. The van der Waals surface area contributed by atoms with Crippen LogP contribution in [-0.4, -0.2) is 27.1 Å². The first kappa shape index (κ1) is 18.9. The van der Waals surface area contributed by atoms with Gasteiger partial charge in [-0.15, -0.1) is 0 Å². The highest BCUT2D eigenvalue weighted by molar-refractivity contribution is 5.89. The Morgan fingerprint density at radius 2 is 1.73 bits per heavy atom. The predicted octanol–water partition coefficient (Wildman–Crippen LogP) is 3.17. The van der Waals surface area contributed by atoms with Crippen LogP contribution in [0.1, 0.15) is 28.8 Å². The number of anilines is 1. The van der Waals surface area contributed by atoms with E-state index in [2.05, 4.69) is 48.3 Å². The van der Waals surface area contributed by atoms with Gasteiger partial charge in [-0.05, 0) is 60.2 Å². The lowest BCUT2D eigenvalue weighted by molar-refractivity contribution is -0.134. The molecule has 6 nitrogen and oxygen atoms in total. The van der Waals surface area contributed by atoms with Gasteiger partial charge in [-0.3, -0.25) is 0 Å². The first-order valence-corrected chi connectivity index (χ1v) is 8.02. The van der Waals surface area contributed by atoms with Crippen LogP contribution in [0.5, 0.6) is 0 Å². The molecule has 0 unspecified atom stereocenters. The molecule has 0 aliphatic heterocycles. The summed E-state index contributed by atoms with van der Waals surface area (Å²) in [5.74, 6) is -1.91. The lowest BCUT2D eigenvalue weighted by Gasteiger charge is -2.16. The Balaban J connectivity index is 0.000000260. The lowest BCUT2D eigenvalue weighted by atomic mass is 9.90. The molecule has 3 rings (SSSR count). The summed E-state index contributed by atoms with van der Waals surface area (Å²) in [5.41, 5.74) is 12.0. The summed E-state index contributed by atoms with van der Waals surface area (Å²) in [6.45, 7) is 2.05. The van der Waals surface area contributed by atoms with Gasteiger partial charge >= 0.3 is 11.9 Å². The highest BCUT2D eigenvalue weighted by Gasteiger charge is 2.12. The fraction of sp³-hybridized carbons (Fsp3) is 0.150. The van der Waals surface area contributed by atoms with Gasteiger partial charge in [-0.25, -0.2) is 14.6 Å². The van der Waals surface area contributed by atoms with Gasteiger partial charge in [0.25, 0.3) is 0 Å². The van der Waals surface area contributed by atoms with Crippen molar-refractivity contribution >= 4 is 29.4 Å². The number of aryl methyl sites for hydroxylation is 2. The number of nitrogens with zero attached hydrogens (tertiary/aromatic N) is 1. The molecule has 4 N–H and O–H groups in total. The molecule has 134 valence electrons. The highest BCUT2D eigenvalue weighted by atomic mass is 16.4. The minimum absolute atomic E-state index is 0.558. The van der Waals surface area contributed by atoms with Crippen molar-refractivity contribution in [3.8, 4) is 0 Å². The van der Waals surface area contributed by atoms with Crippen molar-refractivity contribution < 1.29 is 19.8 Å². The van der Waals surface area contributed by atoms with Crippen LogP contribution in [0.2, 0.25) is 0 Å². The van der Waals surface area contributed by atoms with Crippen molar-refractivity contribution in [2.24, 2.45) is 0 Å². The molecule has 0 bridgehead atoms. The van der Waals surface area contributed by atoms with E-state index < -0.39 is 11.9 Å². The third-order valence-electron chi connectivity index (χ3n) is 3.74. The lowest BCUT2D eigenvalue weighted by Crippen LogP contribution is -2.02. The molecule has 0 radical (unpaired) electrons. The maximum absolute atomic E-state index is 9.55. The second-order valence-corrected chi connectivity index (χ2v) is 5.83. The van der Waals surface area contributed by atoms with Gasteiger partial charge in [0.1, 0.15) is 5.82 Å². The standard InChI is InChI=1S/C16H16N2.C4H4O4/c1-11-8-15(18-16(17)9-11)14-7-6-12-4-2-3-5-13(12)10-14;5-3(6)1-2-4(7)8/h2-5,8-10H,6-7H2,1H3,(H2,17,18);1-2H,(H,5,6)(H,7,8). The molecule has 0 saturated carbocycles. The van der Waals surface area contributed by atoms with Gasteiger partial charge in [0.2, 0.25) is 0 Å². The first-order valence-electron chi connectivity index (χ1n) is 8.02. The van der Waals surface area contributed by atoms with Crippen LogP contribution in [0.4, 0.5) is 5.82 Å². The molecule has 1 aromatic heterocycles. The maximum atomic E-state index is 9.55. The quantitative estimate of drug-likeness (QED) is 0.731. The van der Waals surface area contributed by atoms with E-state index in [9.17, 15) is 9.59 Å². The number of nitrogen functional groups attached to an aromatic ring is 1. The van der Waals surface area contributed by atoms with Crippen LogP contribution < -0.4 is 5.73 Å². The number of aromatic nitrogens is 1. The van der Waals surface area contributed by atoms with Gasteiger partial charge in [0, 0.05) is 12.2 Å². The first-order chi connectivity index (χ1) is 12.3. The molecule has 0 spiro atoms. The van der Waals surface area contributed by atoms with E-state index in [4.69, 9.17) is 15.9 Å². The molecule has 0 saturated heterocycles. The SMILES string of the molecule is Cc1cc(N)nc(C2=Cc3ccccc3CC2)c1.O=C(O)C=CC(=O)O. The Labute approximate surface area is 151 Å². The van der Waals surface area contributed by atoms with Crippen LogP contribution in [0.15, 0.2) is 48.6 Å². The highest BCUT2D eigenvalue weighted by Crippen LogP contribution is 2.29. The number of rotatable bonds is 3. The van der Waals surface area contributed by atoms with Crippen molar-refractivity contribution in [3.05, 3.63) is 70.9 Å². The summed E-state index contributed by atoms with van der Waals surface area (Å²) in [7, 11) is 0. The number of aliphatic carboxylic acids is 2. The van der Waals surface area contributed by atoms with E-state index in [1.165, 1.54) is 16.7 Å². The number of hydrogen-bond acceptors (Lipinski definition) is 4. The van der Waals surface area contributed by atoms with Gasteiger partial charge in [-0.1, -0.05) is 24.3 Å². The largest absolute Gasteiger partial charge is 0.478 e. The van der Waals surface area contributed by atoms with Crippen LogP contribution in [0, 0.1) is 6.92 Å². The number of carbonyl (C=O) groups is 2. The van der Waals surface area contributed by atoms with E-state index >= 15 is 0 Å². The monoisotopic (exact) mass is 352 g/mol. The van der Waals surface area contributed by atoms with E-state index in [1.54, 1.807) is 0 Å². The summed E-state index contributed by atoms with van der Waals surface area (Å²) in [5, 5.41) is 15.6. The number of fused-ring (bicyclic) bond motifs is 1. The number of nitrogens with two attached hydrogens (primary N) is 1. The van der Waals surface area contributed by atoms with Gasteiger partial charge in [0.05, 0.1) is 5.69 Å². The summed E-state index contributed by atoms with van der Waals surface area (Å²) in [6, 6.07) is 12.5. The van der Waals surface area contributed by atoms with E-state index in [0.29, 0.717) is 18.0 Å². The molecule has 1 aromatic carbocycles. The van der Waals surface area contributed by atoms with E-state index in [-0.39, 0.29) is 0 Å². The zero-order valence-corrected chi connectivity index (χ0v) is 14.3. The average Bonchev–Trinajstić information content (AvgIpc) is 2.59. The molecule has 0 fully saturated rings. The number of carboxylic acids is 2. The van der Waals surface area contributed by atoms with Crippen molar-refractivity contribution in [2.75, 3.05) is 5.73 Å². The third-order valence-corrected chi connectivity index (χ3v) is 3.74. The van der Waals surface area contributed by atoms with Crippen molar-refractivity contribution in [1.82, 2.24) is 4.98 Å². The fourth-order valence-electron chi connectivity index (χ4n) is 2.64. The Bertz CT molecular complexity index is 849. The number of benzene rings is 1. The molecule has 6 heteroatoms. The number of pyridine rings is 1. The summed E-state index contributed by atoms with van der Waals surface area (Å²) in [6.07, 6.45) is 5.47. The number of hydrogen-bond donors (Lipinski definition) is 3. The smallest absolute Gasteiger partial charge is 0.328 e. The molecular formula is C20H20N2O4. The summed E-state index contributed by atoms with van der Waals surface area (Å²) < 4.78 is 0. The second kappa shape index (κ2) is 8.62. The zero-order chi connectivity index (χ0) is 19.1. The molecule has 1 aliphatic rings. The van der Waals surface area contributed by atoms with Crippen molar-refractivity contribution in [1.29, 1.82) is 0 Å². The van der Waals surface area contributed by atoms with E-state index in [0.717, 1.165) is 24.1 Å². The molecule has 1 heterocycles.